The molecular formula is C17H13N5O5S. The van der Waals surface area contributed by atoms with Crippen LogP contribution in [0.5, 0.6) is 0 Å². The highest BCUT2D eigenvalue weighted by Gasteiger charge is 2.21. The van der Waals surface area contributed by atoms with E-state index >= 15 is 0 Å². The van der Waals surface area contributed by atoms with Crippen molar-refractivity contribution in [2.75, 3.05) is 6.26 Å². The minimum atomic E-state index is -3.58. The van der Waals surface area contributed by atoms with Gasteiger partial charge < -0.3 is 8.98 Å². The van der Waals surface area contributed by atoms with Crippen molar-refractivity contribution in [1.82, 2.24) is 19.7 Å². The lowest BCUT2D eigenvalue weighted by molar-refractivity contribution is -0.384. The number of sulfone groups is 1. The van der Waals surface area contributed by atoms with Crippen molar-refractivity contribution in [2.24, 2.45) is 0 Å². The molecule has 0 fully saturated rings. The van der Waals surface area contributed by atoms with Crippen LogP contribution in [-0.2, 0) is 16.4 Å². The van der Waals surface area contributed by atoms with Crippen LogP contribution in [0.1, 0.15) is 5.89 Å². The molecule has 0 amide bonds. The van der Waals surface area contributed by atoms with E-state index in [1.54, 1.807) is 24.3 Å². The largest absolute Gasteiger partial charge is 0.419 e. The zero-order valence-corrected chi connectivity index (χ0v) is 15.3. The molecule has 2 aromatic carbocycles. The first kappa shape index (κ1) is 17.8. The second-order valence-electron chi connectivity index (χ2n) is 6.05. The maximum Gasteiger partial charge on any atom is 0.269 e. The van der Waals surface area contributed by atoms with Gasteiger partial charge in [-0.1, -0.05) is 12.1 Å². The summed E-state index contributed by atoms with van der Waals surface area (Å²) in [7, 11) is -3.58. The summed E-state index contributed by atoms with van der Waals surface area (Å²) in [5, 5.41) is 18.6. The first-order chi connectivity index (χ1) is 13.3. The van der Waals surface area contributed by atoms with E-state index in [0.717, 1.165) is 6.26 Å². The summed E-state index contributed by atoms with van der Waals surface area (Å²) in [6, 6.07) is 12.7. The predicted molar refractivity (Wildman–Crippen MR) is 98.3 cm³/mol. The van der Waals surface area contributed by atoms with Gasteiger partial charge in [0.15, 0.2) is 0 Å². The summed E-state index contributed by atoms with van der Waals surface area (Å²) in [5.41, 5.74) is 1.63. The van der Waals surface area contributed by atoms with Gasteiger partial charge in [-0.05, 0) is 24.3 Å². The van der Waals surface area contributed by atoms with Crippen LogP contribution in [0, 0.1) is 10.1 Å². The molecule has 0 atom stereocenters. The van der Waals surface area contributed by atoms with Crippen LogP contribution in [0.4, 0.5) is 5.69 Å². The monoisotopic (exact) mass is 399 g/mol. The molecule has 0 saturated carbocycles. The van der Waals surface area contributed by atoms with Crippen LogP contribution in [-0.4, -0.2) is 39.3 Å². The average Bonchev–Trinajstić information content (AvgIpc) is 3.27. The molecule has 0 radical (unpaired) electrons. The Morgan fingerprint density at radius 2 is 1.82 bits per heavy atom. The number of nitrogens with zero attached hydrogens (tertiary/aromatic N) is 5. The van der Waals surface area contributed by atoms with Gasteiger partial charge >= 0.3 is 0 Å². The number of rotatable bonds is 5. The molecule has 28 heavy (non-hydrogen) atoms. The Morgan fingerprint density at radius 1 is 1.11 bits per heavy atom. The lowest BCUT2D eigenvalue weighted by Crippen LogP contribution is -2.10. The van der Waals surface area contributed by atoms with Crippen molar-refractivity contribution in [3.63, 3.8) is 0 Å². The van der Waals surface area contributed by atoms with Crippen molar-refractivity contribution < 1.29 is 17.8 Å². The highest BCUT2D eigenvalue weighted by molar-refractivity contribution is 7.90. The first-order valence-electron chi connectivity index (χ1n) is 8.05. The van der Waals surface area contributed by atoms with E-state index in [2.05, 4.69) is 15.2 Å². The van der Waals surface area contributed by atoms with Crippen LogP contribution in [0.3, 0.4) is 0 Å². The van der Waals surface area contributed by atoms with Crippen molar-refractivity contribution >= 4 is 26.6 Å². The molecule has 0 spiro atoms. The fraction of sp³-hybridized carbons (Fsp3) is 0.118. The molecule has 2 heterocycles. The Bertz CT molecular complexity index is 1290. The van der Waals surface area contributed by atoms with Gasteiger partial charge in [-0.25, -0.2) is 13.4 Å². The maximum atomic E-state index is 12.1. The molecule has 10 nitrogen and oxygen atoms in total. The third kappa shape index (κ3) is 3.22. The highest BCUT2D eigenvalue weighted by atomic mass is 32.2. The van der Waals surface area contributed by atoms with Crippen LogP contribution < -0.4 is 0 Å². The van der Waals surface area contributed by atoms with E-state index in [9.17, 15) is 18.5 Å². The number of nitro benzene ring substituents is 1. The standard InChI is InChI=1S/C17H13N5O5S/c1-28(25,26)17-18-13-4-2-3-5-14(13)21(17)10-15-19-20-16(27-15)11-6-8-12(9-7-11)22(23)24/h2-9H,10H2,1H3. The van der Waals surface area contributed by atoms with Gasteiger partial charge in [0.05, 0.1) is 16.0 Å². The molecule has 0 aliphatic heterocycles. The Morgan fingerprint density at radius 3 is 2.50 bits per heavy atom. The molecular weight excluding hydrogens is 386 g/mol. The van der Waals surface area contributed by atoms with E-state index in [4.69, 9.17) is 4.42 Å². The van der Waals surface area contributed by atoms with Gasteiger partial charge in [0.1, 0.15) is 6.54 Å². The minimum Gasteiger partial charge on any atom is -0.419 e. The number of hydrogen-bond donors (Lipinski definition) is 0. The number of imidazole rings is 1. The summed E-state index contributed by atoms with van der Waals surface area (Å²) in [6.45, 7) is 0.0168. The smallest absolute Gasteiger partial charge is 0.269 e. The first-order valence-corrected chi connectivity index (χ1v) is 9.94. The number of para-hydroxylation sites is 2. The van der Waals surface area contributed by atoms with Crippen molar-refractivity contribution in [1.29, 1.82) is 0 Å². The van der Waals surface area contributed by atoms with Crippen LogP contribution in [0.2, 0.25) is 0 Å². The van der Waals surface area contributed by atoms with Gasteiger partial charge in [-0.15, -0.1) is 10.2 Å². The Kier molecular flexibility index (Phi) is 4.15. The molecule has 0 saturated heterocycles. The number of aromatic nitrogens is 4. The van der Waals surface area contributed by atoms with Crippen molar-refractivity contribution in [3.05, 3.63) is 64.5 Å². The number of hydrogen-bond acceptors (Lipinski definition) is 8. The van der Waals surface area contributed by atoms with Crippen LogP contribution in [0.15, 0.2) is 58.1 Å². The SMILES string of the molecule is CS(=O)(=O)c1nc2ccccc2n1Cc1nnc(-c2ccc([N+](=O)[O-])cc2)o1. The van der Waals surface area contributed by atoms with E-state index < -0.39 is 14.8 Å². The van der Waals surface area contributed by atoms with Gasteiger partial charge in [0.25, 0.3) is 5.69 Å². The highest BCUT2D eigenvalue weighted by Crippen LogP contribution is 2.24. The van der Waals surface area contributed by atoms with Crippen molar-refractivity contribution in [3.8, 4) is 11.5 Å². The lowest BCUT2D eigenvalue weighted by atomic mass is 10.2. The minimum absolute atomic E-state index is 0.0168. The van der Waals surface area contributed by atoms with E-state index in [0.29, 0.717) is 16.6 Å². The summed E-state index contributed by atoms with van der Waals surface area (Å²) in [4.78, 5) is 14.4. The fourth-order valence-electron chi connectivity index (χ4n) is 2.78. The third-order valence-corrected chi connectivity index (χ3v) is 5.01. The average molecular weight is 399 g/mol. The maximum absolute atomic E-state index is 12.1. The fourth-order valence-corrected chi connectivity index (χ4v) is 3.61. The molecule has 0 bridgehead atoms. The van der Waals surface area contributed by atoms with Crippen molar-refractivity contribution in [2.45, 2.75) is 11.7 Å². The third-order valence-electron chi connectivity index (χ3n) is 4.04. The zero-order valence-electron chi connectivity index (χ0n) is 14.5. The molecule has 0 aliphatic rings. The number of benzene rings is 2. The molecule has 0 N–H and O–H groups in total. The van der Waals surface area contributed by atoms with Gasteiger partial charge in [0, 0.05) is 24.0 Å². The zero-order chi connectivity index (χ0) is 19.9. The predicted octanol–water partition coefficient (Wildman–Crippen LogP) is 2.45. The summed E-state index contributed by atoms with van der Waals surface area (Å²) in [5.74, 6) is 0.358. The Balaban J connectivity index is 1.70. The Hall–Kier alpha value is -3.60. The Labute approximate surface area is 158 Å². The van der Waals surface area contributed by atoms with E-state index in [1.165, 1.54) is 28.8 Å². The van der Waals surface area contributed by atoms with Crippen LogP contribution in [0.25, 0.3) is 22.5 Å². The number of fused-ring (bicyclic) bond motifs is 1. The summed E-state index contributed by atoms with van der Waals surface area (Å²) >= 11 is 0. The number of nitro groups is 1. The number of non-ortho nitro benzene ring substituents is 1. The molecule has 0 aliphatic carbocycles. The molecule has 4 rings (SSSR count). The lowest BCUT2D eigenvalue weighted by Gasteiger charge is -2.04. The quantitative estimate of drug-likeness (QED) is 0.369. The molecule has 0 unspecified atom stereocenters. The molecule has 4 aromatic rings. The van der Waals surface area contributed by atoms with E-state index in [-0.39, 0.29) is 29.2 Å². The van der Waals surface area contributed by atoms with Gasteiger partial charge in [0.2, 0.25) is 26.8 Å². The topological polar surface area (TPSA) is 134 Å². The van der Waals surface area contributed by atoms with Crippen LogP contribution >= 0.6 is 0 Å². The summed E-state index contributed by atoms with van der Waals surface area (Å²) < 4.78 is 31.4. The second-order valence-corrected chi connectivity index (χ2v) is 7.96. The normalized spacial score (nSPS) is 11.8. The van der Waals surface area contributed by atoms with Gasteiger partial charge in [-0.3, -0.25) is 10.1 Å². The molecule has 2 aromatic heterocycles. The van der Waals surface area contributed by atoms with Gasteiger partial charge in [-0.2, -0.15) is 0 Å². The molecule has 142 valence electrons. The molecule has 11 heteroatoms. The van der Waals surface area contributed by atoms with E-state index in [1.807, 2.05) is 0 Å². The summed E-state index contributed by atoms with van der Waals surface area (Å²) in [6.07, 6.45) is 1.08. The second kappa shape index (κ2) is 6.53.